The minimum atomic E-state index is -3.76. The summed E-state index contributed by atoms with van der Waals surface area (Å²) >= 11 is 0. The maximum atomic E-state index is 12.7. The lowest BCUT2D eigenvalue weighted by molar-refractivity contribution is 0.101. The number of benzene rings is 4. The first-order valence-electron chi connectivity index (χ1n) is 13.9. The van der Waals surface area contributed by atoms with E-state index in [0.29, 0.717) is 22.7 Å². The van der Waals surface area contributed by atoms with Gasteiger partial charge in [-0.2, -0.15) is 0 Å². The molecule has 0 saturated heterocycles. The summed E-state index contributed by atoms with van der Waals surface area (Å²) in [5.74, 6) is -1.00. The third kappa shape index (κ3) is 7.94. The first-order valence-corrected chi connectivity index (χ1v) is 16.8. The largest absolute Gasteiger partial charge is 0.322 e. The van der Waals surface area contributed by atoms with Crippen molar-refractivity contribution in [3.8, 4) is 0 Å². The Hall–Kier alpha value is -5.53. The quantitative estimate of drug-likeness (QED) is 0.148. The Balaban J connectivity index is 1.14. The summed E-state index contributed by atoms with van der Waals surface area (Å²) in [5, 5.41) is 5.38. The number of anilines is 4. The van der Waals surface area contributed by atoms with Crippen LogP contribution in [0.5, 0.6) is 0 Å². The average Bonchev–Trinajstić information content (AvgIpc) is 3.03. The number of hydrogen-bond donors (Lipinski definition) is 4. The first kappa shape index (κ1) is 31.9. The molecule has 1 aromatic heterocycles. The van der Waals surface area contributed by atoms with Crippen molar-refractivity contribution in [2.45, 2.75) is 23.6 Å². The van der Waals surface area contributed by atoms with Gasteiger partial charge in [-0.1, -0.05) is 35.4 Å². The summed E-state index contributed by atoms with van der Waals surface area (Å²) in [7, 11) is -7.53. The number of nitrogens with one attached hydrogen (secondary N) is 4. The third-order valence-electron chi connectivity index (χ3n) is 6.71. The van der Waals surface area contributed by atoms with E-state index >= 15 is 0 Å². The van der Waals surface area contributed by atoms with E-state index in [-0.39, 0.29) is 21.0 Å². The van der Waals surface area contributed by atoms with Gasteiger partial charge in [0, 0.05) is 28.9 Å². The van der Waals surface area contributed by atoms with Crippen molar-refractivity contribution in [3.63, 3.8) is 0 Å². The van der Waals surface area contributed by atoms with Crippen LogP contribution in [0, 0.1) is 13.8 Å². The van der Waals surface area contributed by atoms with Gasteiger partial charge in [0.1, 0.15) is 5.69 Å². The van der Waals surface area contributed by atoms with E-state index < -0.39 is 31.9 Å². The number of rotatable bonds is 10. The van der Waals surface area contributed by atoms with E-state index in [0.717, 1.165) is 11.1 Å². The zero-order chi connectivity index (χ0) is 32.9. The second-order valence-electron chi connectivity index (χ2n) is 10.3. The molecule has 5 aromatic rings. The van der Waals surface area contributed by atoms with Gasteiger partial charge >= 0.3 is 0 Å². The van der Waals surface area contributed by atoms with Crippen LogP contribution in [0.25, 0.3) is 0 Å². The van der Waals surface area contributed by atoms with Gasteiger partial charge in [-0.25, -0.2) is 16.8 Å². The van der Waals surface area contributed by atoms with Crippen molar-refractivity contribution in [3.05, 3.63) is 138 Å². The van der Waals surface area contributed by atoms with Gasteiger partial charge in [0.2, 0.25) is 0 Å². The maximum absolute atomic E-state index is 12.7. The zero-order valence-corrected chi connectivity index (χ0v) is 26.3. The van der Waals surface area contributed by atoms with Gasteiger partial charge in [0.15, 0.2) is 0 Å². The number of aromatic nitrogens is 1. The van der Waals surface area contributed by atoms with Crippen molar-refractivity contribution in [1.29, 1.82) is 0 Å². The zero-order valence-electron chi connectivity index (χ0n) is 24.7. The molecule has 5 rings (SSSR count). The van der Waals surface area contributed by atoms with Crippen LogP contribution in [0.2, 0.25) is 0 Å². The molecule has 0 saturated carbocycles. The maximum Gasteiger partial charge on any atom is 0.274 e. The summed E-state index contributed by atoms with van der Waals surface area (Å²) in [6.07, 6.45) is 1.26. The van der Waals surface area contributed by atoms with E-state index in [1.54, 1.807) is 48.5 Å². The van der Waals surface area contributed by atoms with Crippen molar-refractivity contribution in [2.75, 3.05) is 20.1 Å². The molecule has 0 atom stereocenters. The van der Waals surface area contributed by atoms with Gasteiger partial charge in [-0.3, -0.25) is 24.0 Å². The fourth-order valence-corrected chi connectivity index (χ4v) is 6.28. The van der Waals surface area contributed by atoms with E-state index in [2.05, 4.69) is 25.1 Å². The van der Waals surface area contributed by atoms with E-state index in [1.807, 2.05) is 13.8 Å². The van der Waals surface area contributed by atoms with Crippen molar-refractivity contribution in [1.82, 2.24) is 4.98 Å². The molecule has 11 nitrogen and oxygen atoms in total. The number of pyridine rings is 1. The first-order chi connectivity index (χ1) is 21.9. The minimum Gasteiger partial charge on any atom is -0.322 e. The Morgan fingerprint density at radius 3 is 1.28 bits per heavy atom. The molecule has 4 N–H and O–H groups in total. The van der Waals surface area contributed by atoms with Crippen LogP contribution in [-0.4, -0.2) is 33.6 Å². The van der Waals surface area contributed by atoms with E-state index in [4.69, 9.17) is 0 Å². The SMILES string of the molecule is Cc1ccc(S(=O)(=O)Nc2ccc(NC(=O)c3ccc(C(=O)Nc4ccc(NS(=O)(=O)c5ccc(C)cc5)cc4)nc3)cc2)cc1. The van der Waals surface area contributed by atoms with Gasteiger partial charge < -0.3 is 10.6 Å². The second kappa shape index (κ2) is 13.2. The molecule has 0 spiro atoms. The summed E-state index contributed by atoms with van der Waals surface area (Å²) < 4.78 is 55.4. The summed E-state index contributed by atoms with van der Waals surface area (Å²) in [6.45, 7) is 3.73. The number of nitrogens with zero attached hydrogens (tertiary/aromatic N) is 1. The van der Waals surface area contributed by atoms with Crippen LogP contribution in [0.4, 0.5) is 22.7 Å². The predicted molar refractivity (Wildman–Crippen MR) is 177 cm³/mol. The number of aryl methyl sites for hydroxylation is 2. The molecule has 0 fully saturated rings. The molecule has 1 heterocycles. The lowest BCUT2D eigenvalue weighted by Gasteiger charge is -2.10. The second-order valence-corrected chi connectivity index (χ2v) is 13.7. The monoisotopic (exact) mass is 655 g/mol. The van der Waals surface area contributed by atoms with Crippen LogP contribution in [-0.2, 0) is 20.0 Å². The molecule has 234 valence electrons. The number of carbonyl (C=O) groups excluding carboxylic acids is 2. The Kier molecular flexibility index (Phi) is 9.16. The number of amides is 2. The highest BCUT2D eigenvalue weighted by Crippen LogP contribution is 2.21. The van der Waals surface area contributed by atoms with E-state index in [9.17, 15) is 26.4 Å². The summed E-state index contributed by atoms with van der Waals surface area (Å²) in [5.41, 5.74) is 3.64. The molecule has 0 bridgehead atoms. The highest BCUT2D eigenvalue weighted by Gasteiger charge is 2.16. The highest BCUT2D eigenvalue weighted by atomic mass is 32.2. The Labute approximate surface area is 266 Å². The van der Waals surface area contributed by atoms with Crippen LogP contribution < -0.4 is 20.1 Å². The van der Waals surface area contributed by atoms with Gasteiger partial charge in [0.05, 0.1) is 15.4 Å². The molecule has 0 aliphatic carbocycles. The number of hydrogen-bond acceptors (Lipinski definition) is 7. The third-order valence-corrected chi connectivity index (χ3v) is 9.51. The standard InChI is InChI=1S/C33H29N5O6S2/c1-22-3-16-29(17-4-22)45(41,42)37-27-12-8-25(9-13-27)35-32(39)24-7-20-31(34-21-24)33(40)36-26-10-14-28(15-11-26)38-46(43,44)30-18-5-23(2)6-19-30/h3-21,37-38H,1-2H3,(H,35,39)(H,36,40). The smallest absolute Gasteiger partial charge is 0.274 e. The summed E-state index contributed by atoms with van der Waals surface area (Å²) in [4.78, 5) is 29.8. The van der Waals surface area contributed by atoms with Gasteiger partial charge in [0.25, 0.3) is 31.9 Å². The highest BCUT2D eigenvalue weighted by molar-refractivity contribution is 7.93. The van der Waals surface area contributed by atoms with Crippen LogP contribution in [0.3, 0.4) is 0 Å². The molecule has 2 amide bonds. The molecule has 0 radical (unpaired) electrons. The fourth-order valence-electron chi connectivity index (χ4n) is 4.17. The predicted octanol–water partition coefficient (Wildman–Crippen LogP) is 5.80. The lowest BCUT2D eigenvalue weighted by atomic mass is 10.2. The molecular formula is C33H29N5O6S2. The van der Waals surface area contributed by atoms with Crippen molar-refractivity contribution < 1.29 is 26.4 Å². The van der Waals surface area contributed by atoms with Crippen molar-refractivity contribution in [2.24, 2.45) is 0 Å². The molecule has 0 unspecified atom stereocenters. The van der Waals surface area contributed by atoms with Gasteiger partial charge in [-0.05, 0) is 98.8 Å². The van der Waals surface area contributed by atoms with Gasteiger partial charge in [-0.15, -0.1) is 0 Å². The molecule has 13 heteroatoms. The Bertz CT molecular complexity index is 1930. The Morgan fingerprint density at radius 1 is 0.500 bits per heavy atom. The molecule has 46 heavy (non-hydrogen) atoms. The van der Waals surface area contributed by atoms with Crippen LogP contribution in [0.1, 0.15) is 32.0 Å². The fraction of sp³-hybridized carbons (Fsp3) is 0.0606. The van der Waals surface area contributed by atoms with E-state index in [1.165, 1.54) is 66.9 Å². The Morgan fingerprint density at radius 2 is 0.891 bits per heavy atom. The van der Waals surface area contributed by atoms with Crippen LogP contribution >= 0.6 is 0 Å². The molecular weight excluding hydrogens is 627 g/mol. The number of carbonyl (C=O) groups is 2. The molecule has 0 aliphatic heterocycles. The lowest BCUT2D eigenvalue weighted by Crippen LogP contribution is -2.16. The number of sulfonamides is 2. The topological polar surface area (TPSA) is 163 Å². The normalized spacial score (nSPS) is 11.3. The van der Waals surface area contributed by atoms with Crippen molar-refractivity contribution >= 4 is 54.6 Å². The molecule has 0 aliphatic rings. The minimum absolute atomic E-state index is 0.0610. The molecule has 4 aromatic carbocycles. The van der Waals surface area contributed by atoms with Crippen LogP contribution in [0.15, 0.2) is 125 Å². The average molecular weight is 656 g/mol. The summed E-state index contributed by atoms with van der Waals surface area (Å²) in [6, 6.07) is 28.1.